The number of aromatic nitrogens is 1. The second-order valence-corrected chi connectivity index (χ2v) is 6.31. The van der Waals surface area contributed by atoms with Crippen LogP contribution < -0.4 is 0 Å². The number of hydrogen-bond acceptors (Lipinski definition) is 3. The zero-order valence-corrected chi connectivity index (χ0v) is 14.7. The van der Waals surface area contributed by atoms with Crippen LogP contribution in [0.5, 0.6) is 0 Å². The summed E-state index contributed by atoms with van der Waals surface area (Å²) in [6.07, 6.45) is 5.44. The Kier molecular flexibility index (Phi) is 8.91. The van der Waals surface area contributed by atoms with Crippen molar-refractivity contribution in [2.45, 2.75) is 79.2 Å². The summed E-state index contributed by atoms with van der Waals surface area (Å²) in [5.41, 5.74) is 2.40. The Labute approximate surface area is 130 Å². The predicted octanol–water partition coefficient (Wildman–Crippen LogP) is 4.90. The highest BCUT2D eigenvalue weighted by Crippen LogP contribution is 2.20. The second-order valence-electron chi connectivity index (χ2n) is 6.31. The molecule has 21 heavy (non-hydrogen) atoms. The number of nitrogens with zero attached hydrogens (tertiary/aromatic N) is 1. The van der Waals surface area contributed by atoms with E-state index in [0.29, 0.717) is 5.92 Å². The van der Waals surface area contributed by atoms with E-state index in [1.807, 2.05) is 33.0 Å². The molecule has 0 aromatic carbocycles. The van der Waals surface area contributed by atoms with Gasteiger partial charge in [0.25, 0.3) is 0 Å². The third-order valence-corrected chi connectivity index (χ3v) is 2.97. The zero-order valence-electron chi connectivity index (χ0n) is 14.7. The van der Waals surface area contributed by atoms with Crippen molar-refractivity contribution < 1.29 is 9.53 Å². The van der Waals surface area contributed by atoms with Crippen LogP contribution in [0.4, 0.5) is 0 Å². The summed E-state index contributed by atoms with van der Waals surface area (Å²) in [5, 5.41) is 0. The topological polar surface area (TPSA) is 39.2 Å². The molecule has 0 aliphatic carbocycles. The van der Waals surface area contributed by atoms with Gasteiger partial charge >= 0.3 is 5.97 Å². The van der Waals surface area contributed by atoms with Gasteiger partial charge in [-0.15, -0.1) is 0 Å². The van der Waals surface area contributed by atoms with Gasteiger partial charge in [-0.25, -0.2) is 0 Å². The number of pyridine rings is 1. The van der Waals surface area contributed by atoms with Gasteiger partial charge in [-0.05, 0) is 51.2 Å². The first-order chi connectivity index (χ1) is 9.71. The Hall–Kier alpha value is -1.38. The molecule has 1 aromatic heterocycles. The van der Waals surface area contributed by atoms with E-state index in [2.05, 4.69) is 31.8 Å². The zero-order chi connectivity index (χ0) is 16.5. The number of rotatable bonds is 4. The molecule has 0 N–H and O–H groups in total. The van der Waals surface area contributed by atoms with Crippen LogP contribution in [0, 0.1) is 0 Å². The minimum Gasteiger partial charge on any atom is -0.460 e. The highest BCUT2D eigenvalue weighted by molar-refractivity contribution is 5.66. The van der Waals surface area contributed by atoms with Crippen molar-refractivity contribution >= 4 is 5.97 Å². The number of carbonyl (C=O) groups is 1. The molecule has 0 aliphatic rings. The van der Waals surface area contributed by atoms with Gasteiger partial charge in [0.15, 0.2) is 0 Å². The van der Waals surface area contributed by atoms with Gasteiger partial charge < -0.3 is 4.74 Å². The molecule has 0 fully saturated rings. The fourth-order valence-electron chi connectivity index (χ4n) is 2.00. The number of aryl methyl sites for hydroxylation is 1. The summed E-state index contributed by atoms with van der Waals surface area (Å²) in [7, 11) is 0. The lowest BCUT2D eigenvalue weighted by Crippen LogP contribution is -2.21. The molecule has 3 heteroatoms. The number of ether oxygens (including phenoxy) is 1. The maximum Gasteiger partial charge on any atom is 0.303 e. The van der Waals surface area contributed by atoms with E-state index < -0.39 is 0 Å². The molecule has 0 spiro atoms. The van der Waals surface area contributed by atoms with E-state index >= 15 is 0 Å². The van der Waals surface area contributed by atoms with Crippen molar-refractivity contribution in [3.8, 4) is 0 Å². The van der Waals surface area contributed by atoms with Crippen LogP contribution in [0.2, 0.25) is 0 Å². The quantitative estimate of drug-likeness (QED) is 0.741. The van der Waals surface area contributed by atoms with Gasteiger partial charge in [0.1, 0.15) is 5.60 Å². The van der Waals surface area contributed by atoms with Crippen LogP contribution in [0.15, 0.2) is 18.3 Å². The van der Waals surface area contributed by atoms with E-state index in [1.165, 1.54) is 31.0 Å². The first kappa shape index (κ1) is 19.6. The van der Waals surface area contributed by atoms with Crippen molar-refractivity contribution in [3.05, 3.63) is 29.6 Å². The number of esters is 1. The Morgan fingerprint density at radius 3 is 2.33 bits per heavy atom. The first-order valence-corrected chi connectivity index (χ1v) is 7.84. The lowest BCUT2D eigenvalue weighted by molar-refractivity contribution is -0.151. The lowest BCUT2D eigenvalue weighted by atomic mass is 9.97. The Bertz CT molecular complexity index is 421. The molecule has 120 valence electrons. The molecule has 3 nitrogen and oxygen atoms in total. The van der Waals surface area contributed by atoms with Crippen molar-refractivity contribution in [2.24, 2.45) is 0 Å². The molecule has 0 saturated carbocycles. The van der Waals surface area contributed by atoms with Crippen molar-refractivity contribution in [3.63, 3.8) is 0 Å². The molecule has 0 saturated heterocycles. The van der Waals surface area contributed by atoms with Crippen molar-refractivity contribution in [1.82, 2.24) is 4.98 Å². The van der Waals surface area contributed by atoms with Gasteiger partial charge in [-0.2, -0.15) is 0 Å². The third-order valence-electron chi connectivity index (χ3n) is 2.97. The molecule has 1 heterocycles. The normalized spacial score (nSPS) is 12.1. The monoisotopic (exact) mass is 293 g/mol. The van der Waals surface area contributed by atoms with E-state index in [-0.39, 0.29) is 11.6 Å². The fourth-order valence-corrected chi connectivity index (χ4v) is 2.00. The Balaban J connectivity index is 0.000000433. The van der Waals surface area contributed by atoms with Crippen molar-refractivity contribution in [1.29, 1.82) is 0 Å². The summed E-state index contributed by atoms with van der Waals surface area (Å²) < 4.78 is 4.80. The molecular formula is C18H31NO2. The molecule has 1 unspecified atom stereocenters. The molecular weight excluding hydrogens is 262 g/mol. The van der Waals surface area contributed by atoms with E-state index in [1.54, 1.807) is 0 Å². The van der Waals surface area contributed by atoms with Gasteiger partial charge in [-0.3, -0.25) is 9.78 Å². The van der Waals surface area contributed by atoms with E-state index in [9.17, 15) is 4.79 Å². The molecule has 0 bridgehead atoms. The average molecular weight is 293 g/mol. The van der Waals surface area contributed by atoms with Crippen molar-refractivity contribution in [2.75, 3.05) is 0 Å². The van der Waals surface area contributed by atoms with Gasteiger partial charge in [0.05, 0.1) is 0 Å². The number of hydrogen-bond donors (Lipinski definition) is 0. The molecule has 1 aromatic rings. The lowest BCUT2D eigenvalue weighted by Gasteiger charge is -2.17. The van der Waals surface area contributed by atoms with Gasteiger partial charge in [0.2, 0.25) is 0 Å². The highest BCUT2D eigenvalue weighted by Gasteiger charge is 2.11. The molecule has 1 atom stereocenters. The van der Waals surface area contributed by atoms with Crippen LogP contribution in [0.25, 0.3) is 0 Å². The standard InChI is InChI=1S/C12H19N.C6H12O2/c1-4-7-11-8-6-9-13-12(11)10(3)5-2;1-5(7)8-6(2,3)4/h6,8-10H,4-5,7H2,1-3H3;1-4H3. The molecule has 0 radical (unpaired) electrons. The van der Waals surface area contributed by atoms with E-state index in [4.69, 9.17) is 4.74 Å². The highest BCUT2D eigenvalue weighted by atomic mass is 16.6. The summed E-state index contributed by atoms with van der Waals surface area (Å²) in [4.78, 5) is 14.7. The third kappa shape index (κ3) is 9.22. The average Bonchev–Trinajstić information content (AvgIpc) is 2.36. The minimum absolute atomic E-state index is 0.225. The first-order valence-electron chi connectivity index (χ1n) is 7.84. The summed E-state index contributed by atoms with van der Waals surface area (Å²) in [5.74, 6) is 0.375. The number of carbonyl (C=O) groups excluding carboxylic acids is 1. The van der Waals surface area contributed by atoms with Crippen LogP contribution in [0.1, 0.15) is 78.5 Å². The Morgan fingerprint density at radius 2 is 1.95 bits per heavy atom. The summed E-state index contributed by atoms with van der Waals surface area (Å²) >= 11 is 0. The van der Waals surface area contributed by atoms with E-state index in [0.717, 1.165) is 6.42 Å². The SMILES string of the molecule is CC(=O)OC(C)(C)C.CCCc1cccnc1C(C)CC. The predicted molar refractivity (Wildman–Crippen MR) is 88.5 cm³/mol. The maximum absolute atomic E-state index is 10.2. The second kappa shape index (κ2) is 9.54. The largest absolute Gasteiger partial charge is 0.460 e. The molecule has 0 aliphatic heterocycles. The van der Waals surface area contributed by atoms with Crippen LogP contribution >= 0.6 is 0 Å². The summed E-state index contributed by atoms with van der Waals surface area (Å²) in [6.45, 7) is 13.6. The summed E-state index contributed by atoms with van der Waals surface area (Å²) in [6, 6.07) is 4.24. The van der Waals surface area contributed by atoms with Crippen LogP contribution in [0.3, 0.4) is 0 Å². The van der Waals surface area contributed by atoms with Crippen LogP contribution in [-0.4, -0.2) is 16.6 Å². The van der Waals surface area contributed by atoms with Gasteiger partial charge in [0, 0.05) is 18.8 Å². The Morgan fingerprint density at radius 1 is 1.33 bits per heavy atom. The van der Waals surface area contributed by atoms with Crippen LogP contribution in [-0.2, 0) is 16.0 Å². The smallest absolute Gasteiger partial charge is 0.303 e. The van der Waals surface area contributed by atoms with Gasteiger partial charge in [-0.1, -0.05) is 33.3 Å². The molecule has 0 amide bonds. The maximum atomic E-state index is 10.2. The minimum atomic E-state index is -0.328. The fraction of sp³-hybridized carbons (Fsp3) is 0.667. The molecule has 1 rings (SSSR count).